The molecule has 0 saturated carbocycles. The van der Waals surface area contributed by atoms with Gasteiger partial charge in [-0.3, -0.25) is 0 Å². The van der Waals surface area contributed by atoms with Crippen molar-refractivity contribution in [3.8, 4) is 22.8 Å². The molecule has 0 aliphatic heterocycles. The SMILES string of the molecule is CCOC(=O)c1n[nH]nc1-c1ccc(Oc2ccc(CC)cc2)cc1. The lowest BCUT2D eigenvalue weighted by Crippen LogP contribution is -2.06. The average molecular weight is 337 g/mol. The second kappa shape index (κ2) is 7.61. The van der Waals surface area contributed by atoms with Crippen LogP contribution in [-0.4, -0.2) is 28.0 Å². The number of aromatic nitrogens is 3. The van der Waals surface area contributed by atoms with Crippen molar-refractivity contribution in [1.29, 1.82) is 0 Å². The zero-order valence-electron chi connectivity index (χ0n) is 14.2. The van der Waals surface area contributed by atoms with Crippen LogP contribution in [0.5, 0.6) is 11.5 Å². The second-order valence-corrected chi connectivity index (χ2v) is 5.37. The highest BCUT2D eigenvalue weighted by Gasteiger charge is 2.18. The summed E-state index contributed by atoms with van der Waals surface area (Å²) >= 11 is 0. The van der Waals surface area contributed by atoms with Crippen molar-refractivity contribution >= 4 is 5.97 Å². The topological polar surface area (TPSA) is 77.1 Å². The number of benzene rings is 2. The van der Waals surface area contributed by atoms with Gasteiger partial charge in [0.15, 0.2) is 5.69 Å². The minimum atomic E-state index is -0.498. The van der Waals surface area contributed by atoms with Crippen molar-refractivity contribution in [1.82, 2.24) is 15.4 Å². The number of rotatable bonds is 6. The van der Waals surface area contributed by atoms with Gasteiger partial charge < -0.3 is 9.47 Å². The fourth-order valence-corrected chi connectivity index (χ4v) is 2.38. The van der Waals surface area contributed by atoms with Crippen molar-refractivity contribution in [2.24, 2.45) is 0 Å². The van der Waals surface area contributed by atoms with Crippen LogP contribution in [0.15, 0.2) is 48.5 Å². The van der Waals surface area contributed by atoms with Crippen LogP contribution in [0.3, 0.4) is 0 Å². The van der Waals surface area contributed by atoms with E-state index in [4.69, 9.17) is 9.47 Å². The van der Waals surface area contributed by atoms with E-state index in [1.54, 1.807) is 6.92 Å². The van der Waals surface area contributed by atoms with E-state index in [0.717, 1.165) is 17.7 Å². The largest absolute Gasteiger partial charge is 0.461 e. The maximum absolute atomic E-state index is 11.9. The first-order valence-electron chi connectivity index (χ1n) is 8.16. The summed E-state index contributed by atoms with van der Waals surface area (Å²) in [6.45, 7) is 4.15. The van der Waals surface area contributed by atoms with E-state index in [9.17, 15) is 4.79 Å². The van der Waals surface area contributed by atoms with E-state index in [1.807, 2.05) is 48.5 Å². The Morgan fingerprint density at radius 1 is 0.960 bits per heavy atom. The molecule has 1 N–H and O–H groups in total. The summed E-state index contributed by atoms with van der Waals surface area (Å²) in [6.07, 6.45) is 0.996. The van der Waals surface area contributed by atoms with Gasteiger partial charge in [-0.15, -0.1) is 5.10 Å². The molecule has 128 valence electrons. The third kappa shape index (κ3) is 3.85. The number of carbonyl (C=O) groups excluding carboxylic acids is 1. The maximum Gasteiger partial charge on any atom is 0.361 e. The maximum atomic E-state index is 11.9. The first-order chi connectivity index (χ1) is 12.2. The highest BCUT2D eigenvalue weighted by atomic mass is 16.5. The van der Waals surface area contributed by atoms with Gasteiger partial charge in [-0.1, -0.05) is 19.1 Å². The minimum absolute atomic E-state index is 0.172. The van der Waals surface area contributed by atoms with E-state index in [-0.39, 0.29) is 12.3 Å². The number of nitrogens with zero attached hydrogens (tertiary/aromatic N) is 2. The summed E-state index contributed by atoms with van der Waals surface area (Å²) < 4.78 is 10.8. The molecule has 1 aromatic heterocycles. The van der Waals surface area contributed by atoms with Crippen LogP contribution < -0.4 is 4.74 Å². The fraction of sp³-hybridized carbons (Fsp3) is 0.211. The number of hydrogen-bond acceptors (Lipinski definition) is 5. The van der Waals surface area contributed by atoms with Crippen molar-refractivity contribution in [3.05, 3.63) is 59.8 Å². The summed E-state index contributed by atoms with van der Waals surface area (Å²) in [5.41, 5.74) is 2.65. The van der Waals surface area contributed by atoms with Gasteiger partial charge in [0.05, 0.1) is 6.61 Å². The Bertz CT molecular complexity index is 839. The van der Waals surface area contributed by atoms with Gasteiger partial charge in [0.2, 0.25) is 0 Å². The molecule has 25 heavy (non-hydrogen) atoms. The molecule has 0 fully saturated rings. The molecule has 1 heterocycles. The Morgan fingerprint density at radius 3 is 2.20 bits per heavy atom. The molecule has 3 aromatic rings. The Morgan fingerprint density at radius 2 is 1.60 bits per heavy atom. The predicted molar refractivity (Wildman–Crippen MR) is 93.7 cm³/mol. The molecule has 0 bridgehead atoms. The standard InChI is InChI=1S/C19H19N3O3/c1-3-13-5-9-15(10-6-13)25-16-11-7-14(8-12-16)17-18(21-22-20-17)19(23)24-4-2/h5-12H,3-4H2,1-2H3,(H,20,21,22). The number of carbonyl (C=O) groups is 1. The monoisotopic (exact) mass is 337 g/mol. The number of aryl methyl sites for hydroxylation is 1. The van der Waals surface area contributed by atoms with Crippen LogP contribution in [0.25, 0.3) is 11.3 Å². The fourth-order valence-electron chi connectivity index (χ4n) is 2.38. The predicted octanol–water partition coefficient (Wildman–Crippen LogP) is 4.00. The average Bonchev–Trinajstić information content (AvgIpc) is 3.13. The van der Waals surface area contributed by atoms with E-state index < -0.39 is 5.97 Å². The quantitative estimate of drug-likeness (QED) is 0.688. The molecule has 2 aromatic carbocycles. The Balaban J connectivity index is 1.76. The number of H-pyrrole nitrogens is 1. The zero-order valence-corrected chi connectivity index (χ0v) is 14.2. The van der Waals surface area contributed by atoms with E-state index >= 15 is 0 Å². The summed E-state index contributed by atoms with van der Waals surface area (Å²) in [5, 5.41) is 10.4. The minimum Gasteiger partial charge on any atom is -0.461 e. The second-order valence-electron chi connectivity index (χ2n) is 5.37. The first-order valence-corrected chi connectivity index (χ1v) is 8.16. The number of nitrogens with one attached hydrogen (secondary N) is 1. The lowest BCUT2D eigenvalue weighted by molar-refractivity contribution is 0.0520. The van der Waals surface area contributed by atoms with Gasteiger partial charge in [0.1, 0.15) is 17.2 Å². The summed E-state index contributed by atoms with van der Waals surface area (Å²) in [4.78, 5) is 11.9. The highest BCUT2D eigenvalue weighted by molar-refractivity contribution is 5.93. The van der Waals surface area contributed by atoms with Crippen LogP contribution >= 0.6 is 0 Å². The van der Waals surface area contributed by atoms with Crippen LogP contribution in [0.4, 0.5) is 0 Å². The number of aromatic amines is 1. The van der Waals surface area contributed by atoms with E-state index in [0.29, 0.717) is 11.4 Å². The molecule has 0 amide bonds. The third-order valence-corrected chi connectivity index (χ3v) is 3.71. The molecule has 0 spiro atoms. The number of hydrogen-bond donors (Lipinski definition) is 1. The van der Waals surface area contributed by atoms with Crippen molar-refractivity contribution in [2.75, 3.05) is 6.61 Å². The Kier molecular flexibility index (Phi) is 5.09. The van der Waals surface area contributed by atoms with Crippen LogP contribution in [0, 0.1) is 0 Å². The normalized spacial score (nSPS) is 10.5. The lowest BCUT2D eigenvalue weighted by atomic mass is 10.1. The van der Waals surface area contributed by atoms with E-state index in [2.05, 4.69) is 22.3 Å². The molecule has 0 aliphatic carbocycles. The van der Waals surface area contributed by atoms with Crippen molar-refractivity contribution in [3.63, 3.8) is 0 Å². The molecule has 0 atom stereocenters. The molecule has 0 radical (unpaired) electrons. The summed E-state index contributed by atoms with van der Waals surface area (Å²) in [6, 6.07) is 15.3. The van der Waals surface area contributed by atoms with Crippen LogP contribution in [-0.2, 0) is 11.2 Å². The third-order valence-electron chi connectivity index (χ3n) is 3.71. The molecular weight excluding hydrogens is 318 g/mol. The molecule has 6 heteroatoms. The first kappa shape index (κ1) is 16.7. The molecule has 0 unspecified atom stereocenters. The molecule has 0 saturated heterocycles. The Hall–Kier alpha value is -3.15. The summed E-state index contributed by atoms with van der Waals surface area (Å²) in [5.74, 6) is 0.982. The molecule has 6 nitrogen and oxygen atoms in total. The van der Waals surface area contributed by atoms with Gasteiger partial charge in [-0.2, -0.15) is 10.3 Å². The van der Waals surface area contributed by atoms with Gasteiger partial charge in [-0.05, 0) is 55.3 Å². The van der Waals surface area contributed by atoms with Gasteiger partial charge in [-0.25, -0.2) is 4.79 Å². The van der Waals surface area contributed by atoms with Gasteiger partial charge in [0.25, 0.3) is 0 Å². The number of esters is 1. The lowest BCUT2D eigenvalue weighted by Gasteiger charge is -2.07. The smallest absolute Gasteiger partial charge is 0.361 e. The van der Waals surface area contributed by atoms with Crippen LogP contribution in [0.2, 0.25) is 0 Å². The van der Waals surface area contributed by atoms with Gasteiger partial charge in [0, 0.05) is 5.56 Å². The molecule has 3 rings (SSSR count). The highest BCUT2D eigenvalue weighted by Crippen LogP contribution is 2.26. The molecule has 0 aliphatic rings. The zero-order chi connectivity index (χ0) is 17.6. The number of ether oxygens (including phenoxy) is 2. The molecular formula is C19H19N3O3. The van der Waals surface area contributed by atoms with E-state index in [1.165, 1.54) is 5.56 Å². The van der Waals surface area contributed by atoms with Crippen molar-refractivity contribution in [2.45, 2.75) is 20.3 Å². The van der Waals surface area contributed by atoms with Crippen LogP contribution in [0.1, 0.15) is 29.9 Å². The summed E-state index contributed by atoms with van der Waals surface area (Å²) in [7, 11) is 0. The Labute approximate surface area is 145 Å². The van der Waals surface area contributed by atoms with Gasteiger partial charge >= 0.3 is 5.97 Å². The van der Waals surface area contributed by atoms with Crippen molar-refractivity contribution < 1.29 is 14.3 Å².